The number of amides is 1. The van der Waals surface area contributed by atoms with Crippen molar-refractivity contribution < 1.29 is 9.53 Å². The minimum absolute atomic E-state index is 0. The van der Waals surface area contributed by atoms with Crippen LogP contribution in [-0.2, 0) is 11.3 Å². The van der Waals surface area contributed by atoms with Gasteiger partial charge in [-0.25, -0.2) is 0 Å². The highest BCUT2D eigenvalue weighted by atomic mass is 35.5. The first-order chi connectivity index (χ1) is 9.28. The van der Waals surface area contributed by atoms with E-state index in [-0.39, 0.29) is 30.7 Å². The van der Waals surface area contributed by atoms with E-state index in [9.17, 15) is 4.79 Å². The van der Waals surface area contributed by atoms with E-state index in [1.165, 1.54) is 0 Å². The van der Waals surface area contributed by atoms with Crippen LogP contribution < -0.4 is 15.4 Å². The van der Waals surface area contributed by atoms with Gasteiger partial charge in [-0.1, -0.05) is 12.1 Å². The van der Waals surface area contributed by atoms with Crippen LogP contribution in [0.4, 0.5) is 0 Å². The average molecular weight is 336 g/mol. The smallest absolute Gasteiger partial charge is 0.234 e. The fraction of sp³-hybridized carbons (Fsp3) is 0.500. The maximum absolute atomic E-state index is 11.8. The summed E-state index contributed by atoms with van der Waals surface area (Å²) in [6.45, 7) is 4.82. The number of halogens is 2. The zero-order valence-corrected chi connectivity index (χ0v) is 13.8. The molecule has 2 N–H and O–H groups in total. The van der Waals surface area contributed by atoms with E-state index < -0.39 is 0 Å². The van der Waals surface area contributed by atoms with Gasteiger partial charge in [0, 0.05) is 32.7 Å². The van der Waals surface area contributed by atoms with Crippen LogP contribution in [0.1, 0.15) is 5.56 Å². The molecule has 0 aliphatic carbocycles. The lowest BCUT2D eigenvalue weighted by Crippen LogP contribution is -2.47. The molecular weight excluding hydrogens is 313 g/mol. The van der Waals surface area contributed by atoms with E-state index in [4.69, 9.17) is 4.74 Å². The van der Waals surface area contributed by atoms with Crippen molar-refractivity contribution in [1.29, 1.82) is 0 Å². The van der Waals surface area contributed by atoms with Crippen LogP contribution in [0, 0.1) is 0 Å². The molecule has 0 spiro atoms. The molecule has 0 bridgehead atoms. The molecular formula is C14H23Cl2N3O2. The van der Waals surface area contributed by atoms with Gasteiger partial charge in [0.05, 0.1) is 13.7 Å². The number of ether oxygens (including phenoxy) is 1. The molecule has 5 nitrogen and oxygen atoms in total. The Balaban J connectivity index is 0.00000200. The number of methoxy groups -OCH3 is 1. The Morgan fingerprint density at radius 3 is 2.71 bits per heavy atom. The molecule has 1 amide bonds. The third-order valence-electron chi connectivity index (χ3n) is 3.20. The largest absolute Gasteiger partial charge is 0.497 e. The molecule has 0 aromatic heterocycles. The molecule has 120 valence electrons. The first-order valence-corrected chi connectivity index (χ1v) is 6.60. The van der Waals surface area contributed by atoms with Crippen LogP contribution in [0.25, 0.3) is 0 Å². The Hall–Kier alpha value is -1.01. The van der Waals surface area contributed by atoms with Crippen molar-refractivity contribution >= 4 is 30.7 Å². The second-order valence-electron chi connectivity index (χ2n) is 4.65. The third-order valence-corrected chi connectivity index (χ3v) is 3.20. The standard InChI is InChI=1S/C14H21N3O2.2ClH/c1-19-13-4-2-3-12(9-13)10-16-14(18)11-17-7-5-15-6-8-17;;/h2-4,9,15H,5-8,10-11H2,1H3,(H,16,18);2*1H. The topological polar surface area (TPSA) is 53.6 Å². The predicted octanol–water partition coefficient (Wildman–Crippen LogP) is 1.06. The van der Waals surface area contributed by atoms with Gasteiger partial charge >= 0.3 is 0 Å². The van der Waals surface area contributed by atoms with Crippen molar-refractivity contribution in [2.45, 2.75) is 6.54 Å². The normalized spacial score (nSPS) is 14.5. The van der Waals surface area contributed by atoms with Crippen molar-refractivity contribution in [3.05, 3.63) is 29.8 Å². The summed E-state index contributed by atoms with van der Waals surface area (Å²) in [5.74, 6) is 0.888. The number of hydrogen-bond acceptors (Lipinski definition) is 4. The molecule has 2 rings (SSSR count). The summed E-state index contributed by atoms with van der Waals surface area (Å²) in [5, 5.41) is 6.21. The summed E-state index contributed by atoms with van der Waals surface area (Å²) < 4.78 is 5.16. The fourth-order valence-electron chi connectivity index (χ4n) is 2.11. The van der Waals surface area contributed by atoms with E-state index in [2.05, 4.69) is 15.5 Å². The van der Waals surface area contributed by atoms with Gasteiger partial charge < -0.3 is 15.4 Å². The lowest BCUT2D eigenvalue weighted by molar-refractivity contribution is -0.122. The molecule has 0 atom stereocenters. The van der Waals surface area contributed by atoms with Gasteiger partial charge in [-0.2, -0.15) is 0 Å². The molecule has 1 aliphatic heterocycles. The van der Waals surface area contributed by atoms with Crippen molar-refractivity contribution in [1.82, 2.24) is 15.5 Å². The highest BCUT2D eigenvalue weighted by molar-refractivity contribution is 5.85. The predicted molar refractivity (Wildman–Crippen MR) is 88.6 cm³/mol. The van der Waals surface area contributed by atoms with Gasteiger partial charge in [0.1, 0.15) is 5.75 Å². The second-order valence-corrected chi connectivity index (χ2v) is 4.65. The van der Waals surface area contributed by atoms with Gasteiger partial charge in [0.15, 0.2) is 0 Å². The summed E-state index contributed by atoms with van der Waals surface area (Å²) in [4.78, 5) is 14.0. The Kier molecular flexibility index (Phi) is 10.2. The van der Waals surface area contributed by atoms with E-state index in [0.717, 1.165) is 37.5 Å². The summed E-state index contributed by atoms with van der Waals surface area (Å²) in [6.07, 6.45) is 0. The number of piperazine rings is 1. The fourth-order valence-corrected chi connectivity index (χ4v) is 2.11. The van der Waals surface area contributed by atoms with Crippen LogP contribution >= 0.6 is 24.8 Å². The van der Waals surface area contributed by atoms with Gasteiger partial charge in [0.25, 0.3) is 0 Å². The Bertz CT molecular complexity index is 426. The van der Waals surface area contributed by atoms with Crippen molar-refractivity contribution in [2.75, 3.05) is 39.8 Å². The maximum atomic E-state index is 11.8. The van der Waals surface area contributed by atoms with E-state index >= 15 is 0 Å². The quantitative estimate of drug-likeness (QED) is 0.844. The zero-order valence-electron chi connectivity index (χ0n) is 12.1. The number of nitrogens with zero attached hydrogens (tertiary/aromatic N) is 1. The average Bonchev–Trinajstić information content (AvgIpc) is 2.46. The van der Waals surface area contributed by atoms with Crippen LogP contribution in [0.5, 0.6) is 5.75 Å². The summed E-state index contributed by atoms with van der Waals surface area (Å²) in [5.41, 5.74) is 1.05. The Morgan fingerprint density at radius 2 is 2.05 bits per heavy atom. The zero-order chi connectivity index (χ0) is 13.5. The van der Waals surface area contributed by atoms with Gasteiger partial charge in [-0.15, -0.1) is 24.8 Å². The molecule has 1 heterocycles. The monoisotopic (exact) mass is 335 g/mol. The number of carbonyl (C=O) groups is 1. The lowest BCUT2D eigenvalue weighted by Gasteiger charge is -2.26. The van der Waals surface area contributed by atoms with Gasteiger partial charge in [-0.3, -0.25) is 9.69 Å². The molecule has 0 radical (unpaired) electrons. The van der Waals surface area contributed by atoms with Crippen molar-refractivity contribution in [3.8, 4) is 5.75 Å². The minimum Gasteiger partial charge on any atom is -0.497 e. The first-order valence-electron chi connectivity index (χ1n) is 6.60. The van der Waals surface area contributed by atoms with Crippen LogP contribution in [0.15, 0.2) is 24.3 Å². The van der Waals surface area contributed by atoms with Crippen LogP contribution in [0.2, 0.25) is 0 Å². The van der Waals surface area contributed by atoms with Gasteiger partial charge in [0.2, 0.25) is 5.91 Å². The molecule has 0 saturated carbocycles. The van der Waals surface area contributed by atoms with Gasteiger partial charge in [-0.05, 0) is 17.7 Å². The number of benzene rings is 1. The van der Waals surface area contributed by atoms with Crippen LogP contribution in [0.3, 0.4) is 0 Å². The molecule has 1 aliphatic rings. The Morgan fingerprint density at radius 1 is 1.33 bits per heavy atom. The number of carbonyl (C=O) groups excluding carboxylic acids is 1. The van der Waals surface area contributed by atoms with Crippen molar-refractivity contribution in [3.63, 3.8) is 0 Å². The minimum atomic E-state index is 0. The Labute approximate surface area is 138 Å². The third kappa shape index (κ3) is 7.00. The van der Waals surface area contributed by atoms with E-state index in [0.29, 0.717) is 13.1 Å². The first kappa shape index (κ1) is 20.0. The SMILES string of the molecule is COc1cccc(CNC(=O)CN2CCNCC2)c1.Cl.Cl. The molecule has 1 saturated heterocycles. The highest BCUT2D eigenvalue weighted by Gasteiger charge is 2.12. The molecule has 0 unspecified atom stereocenters. The number of rotatable bonds is 5. The van der Waals surface area contributed by atoms with Crippen molar-refractivity contribution in [2.24, 2.45) is 0 Å². The van der Waals surface area contributed by atoms with Crippen LogP contribution in [-0.4, -0.2) is 50.6 Å². The molecule has 1 fully saturated rings. The summed E-state index contributed by atoms with van der Waals surface area (Å²) in [7, 11) is 1.64. The molecule has 7 heteroatoms. The maximum Gasteiger partial charge on any atom is 0.234 e. The summed E-state index contributed by atoms with van der Waals surface area (Å²) >= 11 is 0. The van der Waals surface area contributed by atoms with E-state index in [1.54, 1.807) is 7.11 Å². The number of nitrogens with one attached hydrogen (secondary N) is 2. The van der Waals surface area contributed by atoms with E-state index in [1.807, 2.05) is 24.3 Å². The highest BCUT2D eigenvalue weighted by Crippen LogP contribution is 2.12. The molecule has 1 aromatic carbocycles. The lowest BCUT2D eigenvalue weighted by atomic mass is 10.2. The summed E-state index contributed by atoms with van der Waals surface area (Å²) in [6, 6.07) is 7.74. The molecule has 21 heavy (non-hydrogen) atoms. The number of hydrogen-bond donors (Lipinski definition) is 2. The molecule has 1 aromatic rings. The second kappa shape index (κ2) is 10.7.